The third-order valence-corrected chi connectivity index (χ3v) is 5.86. The number of fused-ring (bicyclic) bond motifs is 1. The molecule has 0 radical (unpaired) electrons. The number of ether oxygens (including phenoxy) is 3. The third-order valence-electron chi connectivity index (χ3n) is 5.86. The average molecular weight is 382 g/mol. The third kappa shape index (κ3) is 3.40. The first kappa shape index (κ1) is 18.6. The van der Waals surface area contributed by atoms with Crippen LogP contribution in [0.25, 0.3) is 0 Å². The number of amides is 1. The smallest absolute Gasteiger partial charge is 0.233 e. The number of benzene rings is 2. The van der Waals surface area contributed by atoms with E-state index in [4.69, 9.17) is 14.2 Å². The van der Waals surface area contributed by atoms with E-state index in [1.807, 2.05) is 18.2 Å². The minimum atomic E-state index is 0.0250. The molecule has 2 aromatic carbocycles. The summed E-state index contributed by atoms with van der Waals surface area (Å²) in [6, 6.07) is 14.5. The van der Waals surface area contributed by atoms with Crippen LogP contribution in [0.1, 0.15) is 30.0 Å². The van der Waals surface area contributed by atoms with Gasteiger partial charge in [0.25, 0.3) is 0 Å². The highest BCUT2D eigenvalue weighted by atomic mass is 16.7. The summed E-state index contributed by atoms with van der Waals surface area (Å²) in [5, 5.41) is 2.75. The maximum atomic E-state index is 12.1. The maximum Gasteiger partial charge on any atom is 0.233 e. The zero-order valence-electron chi connectivity index (χ0n) is 16.5. The van der Waals surface area contributed by atoms with Gasteiger partial charge in [-0.05, 0) is 41.3 Å². The highest BCUT2D eigenvalue weighted by Gasteiger charge is 2.41. The van der Waals surface area contributed by atoms with Crippen LogP contribution < -0.4 is 19.5 Å². The first-order valence-corrected chi connectivity index (χ1v) is 9.59. The summed E-state index contributed by atoms with van der Waals surface area (Å²) in [7, 11) is 3.35. The minimum Gasteiger partial charge on any atom is -0.497 e. The number of likely N-dealkylation sites (N-methyl/N-ethyl adjacent to an activating group) is 1. The molecule has 1 fully saturated rings. The van der Waals surface area contributed by atoms with E-state index in [-0.39, 0.29) is 18.7 Å². The van der Waals surface area contributed by atoms with Gasteiger partial charge in [0.05, 0.1) is 13.7 Å². The van der Waals surface area contributed by atoms with Crippen LogP contribution in [0, 0.1) is 5.92 Å². The summed E-state index contributed by atoms with van der Waals surface area (Å²) in [5.41, 5.74) is 2.41. The summed E-state index contributed by atoms with van der Waals surface area (Å²) in [6.07, 6.45) is 0. The van der Waals surface area contributed by atoms with E-state index in [1.165, 1.54) is 11.1 Å². The zero-order valence-corrected chi connectivity index (χ0v) is 16.5. The molecule has 2 heterocycles. The van der Waals surface area contributed by atoms with Gasteiger partial charge in [0.1, 0.15) is 5.75 Å². The molecule has 28 heavy (non-hydrogen) atoms. The zero-order chi connectivity index (χ0) is 19.7. The number of hydrogen-bond donors (Lipinski definition) is 1. The molecule has 1 amide bonds. The molecule has 3 atom stereocenters. The van der Waals surface area contributed by atoms with Crippen molar-refractivity contribution in [3.05, 3.63) is 53.6 Å². The van der Waals surface area contributed by atoms with Crippen LogP contribution in [0.15, 0.2) is 42.5 Å². The second-order valence-corrected chi connectivity index (χ2v) is 7.40. The van der Waals surface area contributed by atoms with E-state index in [0.29, 0.717) is 18.4 Å². The van der Waals surface area contributed by atoms with Gasteiger partial charge in [-0.3, -0.25) is 9.69 Å². The molecule has 6 nitrogen and oxygen atoms in total. The minimum absolute atomic E-state index is 0.0250. The predicted molar refractivity (Wildman–Crippen MR) is 106 cm³/mol. The quantitative estimate of drug-likeness (QED) is 0.862. The Balaban J connectivity index is 1.65. The monoisotopic (exact) mass is 382 g/mol. The Morgan fingerprint density at radius 2 is 1.86 bits per heavy atom. The van der Waals surface area contributed by atoms with E-state index >= 15 is 0 Å². The molecule has 1 unspecified atom stereocenters. The molecule has 0 bridgehead atoms. The van der Waals surface area contributed by atoms with Gasteiger partial charge in [0.15, 0.2) is 11.5 Å². The van der Waals surface area contributed by atoms with E-state index in [1.54, 1.807) is 14.2 Å². The van der Waals surface area contributed by atoms with Crippen molar-refractivity contribution in [1.82, 2.24) is 10.2 Å². The first-order valence-electron chi connectivity index (χ1n) is 9.59. The molecule has 1 N–H and O–H groups in total. The van der Waals surface area contributed by atoms with Crippen LogP contribution in [-0.4, -0.2) is 44.8 Å². The fraction of sp³-hybridized carbons (Fsp3) is 0.409. The van der Waals surface area contributed by atoms with Crippen molar-refractivity contribution >= 4 is 5.91 Å². The average Bonchev–Trinajstić information content (AvgIpc) is 3.31. The van der Waals surface area contributed by atoms with Crippen molar-refractivity contribution in [3.63, 3.8) is 0 Å². The lowest BCUT2D eigenvalue weighted by atomic mass is 9.84. The van der Waals surface area contributed by atoms with Gasteiger partial charge in [0.2, 0.25) is 12.7 Å². The number of carbonyl (C=O) groups is 1. The summed E-state index contributed by atoms with van der Waals surface area (Å²) in [6.45, 7) is 3.72. The Bertz CT molecular complexity index is 852. The van der Waals surface area contributed by atoms with E-state index < -0.39 is 0 Å². The molecule has 0 aliphatic carbocycles. The van der Waals surface area contributed by atoms with Gasteiger partial charge in [-0.2, -0.15) is 0 Å². The number of hydrogen-bond acceptors (Lipinski definition) is 5. The van der Waals surface area contributed by atoms with Crippen LogP contribution in [-0.2, 0) is 4.79 Å². The van der Waals surface area contributed by atoms with Gasteiger partial charge >= 0.3 is 0 Å². The molecule has 1 saturated heterocycles. The van der Waals surface area contributed by atoms with Gasteiger partial charge in [-0.1, -0.05) is 25.1 Å². The summed E-state index contributed by atoms with van der Waals surface area (Å²) in [5.74, 6) is 3.08. The highest BCUT2D eigenvalue weighted by Crippen LogP contribution is 2.47. The van der Waals surface area contributed by atoms with Crippen molar-refractivity contribution in [2.24, 2.45) is 5.92 Å². The van der Waals surface area contributed by atoms with Crippen LogP contribution in [0.5, 0.6) is 17.2 Å². The molecule has 0 aromatic heterocycles. The Hall–Kier alpha value is -2.73. The van der Waals surface area contributed by atoms with E-state index in [9.17, 15) is 4.79 Å². The van der Waals surface area contributed by atoms with Gasteiger partial charge < -0.3 is 19.5 Å². The fourth-order valence-electron chi connectivity index (χ4n) is 4.38. The molecule has 2 aromatic rings. The molecule has 148 valence electrons. The molecule has 4 rings (SSSR count). The summed E-state index contributed by atoms with van der Waals surface area (Å²) >= 11 is 0. The molecular formula is C22H26N2O4. The standard InChI is InChI=1S/C22H26N2O4/c1-14-18(16-6-9-19-20(10-16)28-13-27-19)11-24(12-21(25)23-2)22(14)15-4-7-17(26-3)8-5-15/h4-10,14,18,22H,11-13H2,1-3H3,(H,23,25)/t14-,18?,22+/m0/s1. The number of rotatable bonds is 5. The van der Waals surface area contributed by atoms with Gasteiger partial charge in [-0.25, -0.2) is 0 Å². The first-order chi connectivity index (χ1) is 13.6. The Labute approximate surface area is 165 Å². The second kappa shape index (κ2) is 7.72. The second-order valence-electron chi connectivity index (χ2n) is 7.40. The number of nitrogens with zero attached hydrogens (tertiary/aromatic N) is 1. The molecule has 0 saturated carbocycles. The normalized spacial score (nSPS) is 23.6. The summed E-state index contributed by atoms with van der Waals surface area (Å²) < 4.78 is 16.3. The molecule has 6 heteroatoms. The number of likely N-dealkylation sites (tertiary alicyclic amines) is 1. The lowest BCUT2D eigenvalue weighted by Crippen LogP contribution is -2.36. The van der Waals surface area contributed by atoms with Crippen LogP contribution in [0.2, 0.25) is 0 Å². The van der Waals surface area contributed by atoms with E-state index in [0.717, 1.165) is 23.8 Å². The van der Waals surface area contributed by atoms with Crippen LogP contribution >= 0.6 is 0 Å². The van der Waals surface area contributed by atoms with Crippen LogP contribution in [0.3, 0.4) is 0 Å². The number of carbonyl (C=O) groups excluding carboxylic acids is 1. The molecular weight excluding hydrogens is 356 g/mol. The van der Waals surface area contributed by atoms with Crippen molar-refractivity contribution in [2.75, 3.05) is 34.0 Å². The van der Waals surface area contributed by atoms with Crippen molar-refractivity contribution in [1.29, 1.82) is 0 Å². The van der Waals surface area contributed by atoms with Gasteiger partial charge in [-0.15, -0.1) is 0 Å². The van der Waals surface area contributed by atoms with E-state index in [2.05, 4.69) is 41.4 Å². The highest BCUT2D eigenvalue weighted by molar-refractivity contribution is 5.77. The fourth-order valence-corrected chi connectivity index (χ4v) is 4.38. The van der Waals surface area contributed by atoms with Crippen molar-refractivity contribution < 1.29 is 19.0 Å². The summed E-state index contributed by atoms with van der Waals surface area (Å²) in [4.78, 5) is 14.4. The predicted octanol–water partition coefficient (Wildman–Crippen LogP) is 2.95. The largest absolute Gasteiger partial charge is 0.497 e. The molecule has 2 aliphatic rings. The van der Waals surface area contributed by atoms with Gasteiger partial charge in [0, 0.05) is 25.6 Å². The molecule has 0 spiro atoms. The Morgan fingerprint density at radius 3 is 2.57 bits per heavy atom. The number of nitrogens with one attached hydrogen (secondary N) is 1. The lowest BCUT2D eigenvalue weighted by Gasteiger charge is -2.27. The topological polar surface area (TPSA) is 60.0 Å². The number of methoxy groups -OCH3 is 1. The lowest BCUT2D eigenvalue weighted by molar-refractivity contribution is -0.122. The Morgan fingerprint density at radius 1 is 1.14 bits per heavy atom. The van der Waals surface area contributed by atoms with Crippen molar-refractivity contribution in [2.45, 2.75) is 18.9 Å². The SMILES string of the molecule is CNC(=O)CN1CC(c2ccc3c(c2)OCO3)[C@H](C)[C@@H]1c1ccc(OC)cc1. The van der Waals surface area contributed by atoms with Crippen LogP contribution in [0.4, 0.5) is 0 Å². The van der Waals surface area contributed by atoms with Crippen molar-refractivity contribution in [3.8, 4) is 17.2 Å². The maximum absolute atomic E-state index is 12.1. The molecule has 2 aliphatic heterocycles. The Kier molecular flexibility index (Phi) is 5.13.